The number of halogens is 1. The van der Waals surface area contributed by atoms with Crippen molar-refractivity contribution in [1.29, 1.82) is 0 Å². The Hall–Kier alpha value is -1.29. The average molecular weight is 239 g/mol. The molecule has 2 heterocycles. The van der Waals surface area contributed by atoms with Crippen LogP contribution in [0.25, 0.3) is 5.52 Å². The highest BCUT2D eigenvalue weighted by Gasteiger charge is 1.99. The van der Waals surface area contributed by atoms with E-state index < -0.39 is 0 Å². The predicted octanol–water partition coefficient (Wildman–Crippen LogP) is 1.64. The molecule has 2 N–H and O–H groups in total. The molecule has 0 spiro atoms. The molecule has 2 rings (SSSR count). The zero-order valence-electron chi connectivity index (χ0n) is 6.70. The van der Waals surface area contributed by atoms with E-state index in [1.165, 1.54) is 10.5 Å². The van der Waals surface area contributed by atoms with Crippen LogP contribution in [0, 0.1) is 0 Å². The molecular formula is C9H7BrN2O. The van der Waals surface area contributed by atoms with E-state index in [0.29, 0.717) is 5.69 Å². The maximum Gasteiger partial charge on any atom is 0.255 e. The molecule has 0 radical (unpaired) electrons. The van der Waals surface area contributed by atoms with Crippen LogP contribution in [-0.4, -0.2) is 4.40 Å². The molecule has 0 aliphatic rings. The van der Waals surface area contributed by atoms with E-state index in [1.54, 1.807) is 18.3 Å². The predicted molar refractivity (Wildman–Crippen MR) is 55.8 cm³/mol. The second-order valence-electron chi connectivity index (χ2n) is 2.73. The number of fused-ring (bicyclic) bond motifs is 1. The van der Waals surface area contributed by atoms with Crippen molar-refractivity contribution in [3.63, 3.8) is 0 Å². The van der Waals surface area contributed by atoms with Crippen LogP contribution >= 0.6 is 15.9 Å². The van der Waals surface area contributed by atoms with Gasteiger partial charge in [-0.25, -0.2) is 0 Å². The fourth-order valence-electron chi connectivity index (χ4n) is 1.22. The molecule has 0 aliphatic heterocycles. The molecule has 0 bridgehead atoms. The molecule has 2 aromatic rings. The number of aromatic nitrogens is 1. The Morgan fingerprint density at radius 1 is 1.31 bits per heavy atom. The van der Waals surface area contributed by atoms with Gasteiger partial charge in [-0.15, -0.1) is 0 Å². The minimum Gasteiger partial charge on any atom is -0.397 e. The Kier molecular flexibility index (Phi) is 1.84. The van der Waals surface area contributed by atoms with Gasteiger partial charge in [-0.2, -0.15) is 0 Å². The SMILES string of the molecule is Nc1ccc(=O)n2ccc(Br)cc12. The first-order chi connectivity index (χ1) is 6.18. The molecule has 0 fully saturated rings. The van der Waals surface area contributed by atoms with Gasteiger partial charge in [-0.3, -0.25) is 9.20 Å². The summed E-state index contributed by atoms with van der Waals surface area (Å²) in [6.07, 6.45) is 1.69. The largest absolute Gasteiger partial charge is 0.397 e. The van der Waals surface area contributed by atoms with Crippen LogP contribution in [0.1, 0.15) is 0 Å². The minimum atomic E-state index is -0.0725. The molecule has 0 atom stereocenters. The van der Waals surface area contributed by atoms with Gasteiger partial charge in [0.2, 0.25) is 0 Å². The number of anilines is 1. The Morgan fingerprint density at radius 2 is 2.08 bits per heavy atom. The molecule has 13 heavy (non-hydrogen) atoms. The van der Waals surface area contributed by atoms with E-state index in [2.05, 4.69) is 15.9 Å². The number of hydrogen-bond acceptors (Lipinski definition) is 2. The smallest absolute Gasteiger partial charge is 0.255 e. The van der Waals surface area contributed by atoms with Gasteiger partial charge in [0.15, 0.2) is 0 Å². The molecule has 4 heteroatoms. The molecule has 0 unspecified atom stereocenters. The number of nitrogen functional groups attached to an aromatic ring is 1. The van der Waals surface area contributed by atoms with Crippen LogP contribution in [0.5, 0.6) is 0 Å². The van der Waals surface area contributed by atoms with Crippen molar-refractivity contribution in [2.75, 3.05) is 5.73 Å². The summed E-state index contributed by atoms with van der Waals surface area (Å²) < 4.78 is 2.42. The first kappa shape index (κ1) is 8.31. The zero-order valence-corrected chi connectivity index (χ0v) is 8.28. The number of nitrogens with two attached hydrogens (primary N) is 1. The first-order valence-corrected chi connectivity index (χ1v) is 4.54. The van der Waals surface area contributed by atoms with E-state index in [0.717, 1.165) is 9.99 Å². The highest BCUT2D eigenvalue weighted by molar-refractivity contribution is 9.10. The lowest BCUT2D eigenvalue weighted by molar-refractivity contribution is 1.10. The van der Waals surface area contributed by atoms with Crippen LogP contribution in [0.3, 0.4) is 0 Å². The summed E-state index contributed by atoms with van der Waals surface area (Å²) in [5, 5.41) is 0. The highest BCUT2D eigenvalue weighted by atomic mass is 79.9. The summed E-state index contributed by atoms with van der Waals surface area (Å²) in [7, 11) is 0. The van der Waals surface area contributed by atoms with E-state index in [4.69, 9.17) is 5.73 Å². The summed E-state index contributed by atoms with van der Waals surface area (Å²) in [6.45, 7) is 0. The third-order valence-corrected chi connectivity index (χ3v) is 2.35. The van der Waals surface area contributed by atoms with Crippen molar-refractivity contribution in [2.45, 2.75) is 0 Å². The second-order valence-corrected chi connectivity index (χ2v) is 3.64. The minimum absolute atomic E-state index is 0.0725. The molecule has 0 aliphatic carbocycles. The third kappa shape index (κ3) is 1.33. The lowest BCUT2D eigenvalue weighted by Gasteiger charge is -2.02. The summed E-state index contributed by atoms with van der Waals surface area (Å²) in [5.41, 5.74) is 6.96. The fourth-order valence-corrected chi connectivity index (χ4v) is 1.55. The highest BCUT2D eigenvalue weighted by Crippen LogP contribution is 2.16. The Morgan fingerprint density at radius 3 is 2.85 bits per heavy atom. The van der Waals surface area contributed by atoms with E-state index >= 15 is 0 Å². The maximum atomic E-state index is 11.3. The van der Waals surface area contributed by atoms with Gasteiger partial charge in [0.05, 0.1) is 11.2 Å². The molecule has 3 nitrogen and oxygen atoms in total. The quantitative estimate of drug-likeness (QED) is 0.759. The third-order valence-electron chi connectivity index (χ3n) is 1.86. The molecule has 0 aromatic carbocycles. The molecule has 0 amide bonds. The van der Waals surface area contributed by atoms with Crippen LogP contribution in [0.15, 0.2) is 39.7 Å². The Bertz CT molecular complexity index is 518. The van der Waals surface area contributed by atoms with Gasteiger partial charge in [0.25, 0.3) is 5.56 Å². The number of nitrogens with zero attached hydrogens (tertiary/aromatic N) is 1. The maximum absolute atomic E-state index is 11.3. The monoisotopic (exact) mass is 238 g/mol. The average Bonchev–Trinajstić information content (AvgIpc) is 2.12. The molecule has 0 saturated heterocycles. The molecular weight excluding hydrogens is 232 g/mol. The fraction of sp³-hybridized carbons (Fsp3) is 0. The zero-order chi connectivity index (χ0) is 9.42. The summed E-state index contributed by atoms with van der Waals surface area (Å²) in [5.74, 6) is 0. The van der Waals surface area contributed by atoms with Gasteiger partial charge in [0, 0.05) is 16.7 Å². The van der Waals surface area contributed by atoms with Crippen LogP contribution in [0.2, 0.25) is 0 Å². The van der Waals surface area contributed by atoms with Crippen LogP contribution < -0.4 is 11.3 Å². The number of pyridine rings is 2. The normalized spacial score (nSPS) is 10.5. The van der Waals surface area contributed by atoms with E-state index in [1.807, 2.05) is 6.07 Å². The van der Waals surface area contributed by atoms with Crippen molar-refractivity contribution in [2.24, 2.45) is 0 Å². The molecule has 2 aromatic heterocycles. The Labute approximate surface area is 82.9 Å². The van der Waals surface area contributed by atoms with Gasteiger partial charge in [0.1, 0.15) is 0 Å². The molecule has 66 valence electrons. The standard InChI is InChI=1S/C9H7BrN2O/c10-6-3-4-12-8(5-6)7(11)1-2-9(12)13/h1-5H,11H2. The van der Waals surface area contributed by atoms with Crippen molar-refractivity contribution < 1.29 is 0 Å². The van der Waals surface area contributed by atoms with Gasteiger partial charge in [-0.05, 0) is 18.2 Å². The van der Waals surface area contributed by atoms with Gasteiger partial charge < -0.3 is 5.73 Å². The van der Waals surface area contributed by atoms with E-state index in [-0.39, 0.29) is 5.56 Å². The van der Waals surface area contributed by atoms with E-state index in [9.17, 15) is 4.79 Å². The van der Waals surface area contributed by atoms with Gasteiger partial charge in [-0.1, -0.05) is 15.9 Å². The number of hydrogen-bond donors (Lipinski definition) is 1. The van der Waals surface area contributed by atoms with Crippen molar-refractivity contribution in [1.82, 2.24) is 4.40 Å². The second kappa shape index (κ2) is 2.88. The van der Waals surface area contributed by atoms with Crippen molar-refractivity contribution in [3.8, 4) is 0 Å². The van der Waals surface area contributed by atoms with Crippen LogP contribution in [-0.2, 0) is 0 Å². The van der Waals surface area contributed by atoms with Crippen LogP contribution in [0.4, 0.5) is 5.69 Å². The topological polar surface area (TPSA) is 47.5 Å². The summed E-state index contributed by atoms with van der Waals surface area (Å²) in [4.78, 5) is 11.3. The lowest BCUT2D eigenvalue weighted by Crippen LogP contribution is -2.12. The number of rotatable bonds is 0. The first-order valence-electron chi connectivity index (χ1n) is 3.75. The van der Waals surface area contributed by atoms with Crippen molar-refractivity contribution in [3.05, 3.63) is 45.3 Å². The summed E-state index contributed by atoms with van der Waals surface area (Å²) >= 11 is 3.32. The lowest BCUT2D eigenvalue weighted by atomic mass is 10.3. The molecule has 0 saturated carbocycles. The summed E-state index contributed by atoms with van der Waals surface area (Å²) in [6, 6.07) is 6.69. The van der Waals surface area contributed by atoms with Crippen molar-refractivity contribution >= 4 is 27.1 Å². The Balaban J connectivity index is 3.01. The van der Waals surface area contributed by atoms with Gasteiger partial charge >= 0.3 is 0 Å².